The number of carbonyl (C=O) groups is 1. The number of rotatable bonds is 3. The Kier molecular flexibility index (Phi) is 5.71. The molecule has 29 heavy (non-hydrogen) atoms. The Morgan fingerprint density at radius 3 is 2.45 bits per heavy atom. The molecule has 0 saturated carbocycles. The number of hydrogen-bond acceptors (Lipinski definition) is 6. The molecule has 3 saturated heterocycles. The van der Waals surface area contributed by atoms with Gasteiger partial charge in [0.2, 0.25) is 5.91 Å². The Bertz CT molecular complexity index is 839. The molecule has 1 aromatic rings. The van der Waals surface area contributed by atoms with Crippen LogP contribution in [0.4, 0.5) is 0 Å². The largest absolute Gasteiger partial charge is 0.375 e. The summed E-state index contributed by atoms with van der Waals surface area (Å²) >= 11 is 0. The molecule has 0 aromatic carbocycles. The Labute approximate surface area is 172 Å². The number of piperazine rings is 1. The van der Waals surface area contributed by atoms with Crippen molar-refractivity contribution in [1.29, 1.82) is 0 Å². The molecular weight excluding hydrogens is 394 g/mol. The van der Waals surface area contributed by atoms with E-state index in [1.165, 1.54) is 6.33 Å². The summed E-state index contributed by atoms with van der Waals surface area (Å²) in [5, 5.41) is 0.113. The molecule has 9 nitrogen and oxygen atoms in total. The molecule has 1 unspecified atom stereocenters. The Balaban J connectivity index is 1.36. The molecule has 3 aliphatic heterocycles. The fourth-order valence-electron chi connectivity index (χ4n) is 4.85. The normalized spacial score (nSPS) is 26.7. The number of ether oxygens (including phenoxy) is 1. The first-order chi connectivity index (χ1) is 13.8. The lowest BCUT2D eigenvalue weighted by Crippen LogP contribution is -2.57. The van der Waals surface area contributed by atoms with E-state index in [0.29, 0.717) is 38.6 Å². The molecule has 0 aliphatic carbocycles. The molecule has 3 aliphatic rings. The molecule has 4 heterocycles. The summed E-state index contributed by atoms with van der Waals surface area (Å²) in [5.74, 6) is 0.148. The highest BCUT2D eigenvalue weighted by atomic mass is 32.2. The van der Waals surface area contributed by atoms with Crippen LogP contribution in [0.3, 0.4) is 0 Å². The van der Waals surface area contributed by atoms with Crippen LogP contribution in [0.2, 0.25) is 0 Å². The van der Waals surface area contributed by atoms with Crippen LogP contribution in [0, 0.1) is 0 Å². The van der Waals surface area contributed by atoms with Crippen LogP contribution in [0.25, 0.3) is 0 Å². The summed E-state index contributed by atoms with van der Waals surface area (Å²) < 4.78 is 35.1. The van der Waals surface area contributed by atoms with Gasteiger partial charge in [0.15, 0.2) is 5.03 Å². The Hall–Kier alpha value is -1.49. The number of piperidine rings is 1. The van der Waals surface area contributed by atoms with Gasteiger partial charge in [0, 0.05) is 72.1 Å². The topological polar surface area (TPSA) is 88.0 Å². The maximum absolute atomic E-state index is 12.8. The van der Waals surface area contributed by atoms with Crippen LogP contribution >= 0.6 is 0 Å². The Morgan fingerprint density at radius 2 is 1.86 bits per heavy atom. The van der Waals surface area contributed by atoms with Crippen molar-refractivity contribution in [3.63, 3.8) is 0 Å². The first kappa shape index (κ1) is 20.8. The van der Waals surface area contributed by atoms with Gasteiger partial charge in [-0.15, -0.1) is 0 Å². The maximum Gasteiger partial charge on any atom is 0.262 e. The lowest BCUT2D eigenvalue weighted by Gasteiger charge is -2.49. The zero-order valence-electron chi connectivity index (χ0n) is 17.3. The number of sulfonamides is 1. The van der Waals surface area contributed by atoms with Gasteiger partial charge in [-0.2, -0.15) is 4.31 Å². The second kappa shape index (κ2) is 7.98. The monoisotopic (exact) mass is 425 g/mol. The molecule has 10 heteroatoms. The van der Waals surface area contributed by atoms with Gasteiger partial charge in [0.05, 0.1) is 11.9 Å². The van der Waals surface area contributed by atoms with Crippen LogP contribution in [0.5, 0.6) is 0 Å². The van der Waals surface area contributed by atoms with Crippen molar-refractivity contribution in [3.05, 3.63) is 12.5 Å². The molecule has 1 amide bonds. The molecule has 162 valence electrons. The number of nitrogens with zero attached hydrogens (tertiary/aromatic N) is 5. The van der Waals surface area contributed by atoms with E-state index in [2.05, 4.69) is 9.88 Å². The van der Waals surface area contributed by atoms with Gasteiger partial charge in [-0.05, 0) is 25.7 Å². The highest BCUT2D eigenvalue weighted by molar-refractivity contribution is 7.89. The van der Waals surface area contributed by atoms with E-state index < -0.39 is 10.0 Å². The first-order valence-corrected chi connectivity index (χ1v) is 11.8. The smallest absolute Gasteiger partial charge is 0.262 e. The van der Waals surface area contributed by atoms with Gasteiger partial charge >= 0.3 is 0 Å². The molecule has 0 bridgehead atoms. The SMILES string of the molecule is CC(=O)N1CCN(C2CCOC3(CCN(S(=O)(=O)c4cn(C)cn4)CC3)C2)CC1. The van der Waals surface area contributed by atoms with Gasteiger partial charge in [0.25, 0.3) is 10.0 Å². The third-order valence-electron chi connectivity index (χ3n) is 6.66. The molecule has 0 radical (unpaired) electrons. The average molecular weight is 426 g/mol. The quantitative estimate of drug-likeness (QED) is 0.692. The van der Waals surface area contributed by atoms with E-state index in [-0.39, 0.29) is 16.5 Å². The van der Waals surface area contributed by atoms with E-state index in [1.54, 1.807) is 29.0 Å². The minimum atomic E-state index is -3.55. The average Bonchev–Trinajstić information content (AvgIpc) is 3.16. The van der Waals surface area contributed by atoms with Gasteiger partial charge in [-0.1, -0.05) is 0 Å². The Morgan fingerprint density at radius 1 is 1.17 bits per heavy atom. The summed E-state index contributed by atoms with van der Waals surface area (Å²) in [4.78, 5) is 20.0. The summed E-state index contributed by atoms with van der Waals surface area (Å²) in [5.41, 5.74) is -0.239. The van der Waals surface area contributed by atoms with E-state index in [0.717, 1.165) is 39.0 Å². The summed E-state index contributed by atoms with van der Waals surface area (Å²) in [6, 6.07) is 0.441. The minimum Gasteiger partial charge on any atom is -0.375 e. The first-order valence-electron chi connectivity index (χ1n) is 10.4. The van der Waals surface area contributed by atoms with Crippen molar-refractivity contribution in [2.45, 2.75) is 49.3 Å². The number of hydrogen-bond donors (Lipinski definition) is 0. The second-order valence-electron chi connectivity index (χ2n) is 8.50. The van der Waals surface area contributed by atoms with Gasteiger partial charge in [-0.25, -0.2) is 13.4 Å². The molecule has 4 rings (SSSR count). The predicted molar refractivity (Wildman–Crippen MR) is 107 cm³/mol. The summed E-state index contributed by atoms with van der Waals surface area (Å²) in [6.45, 7) is 6.65. The maximum atomic E-state index is 12.8. The lowest BCUT2D eigenvalue weighted by atomic mass is 9.82. The highest BCUT2D eigenvalue weighted by Gasteiger charge is 2.44. The number of aromatic nitrogens is 2. The number of carbonyl (C=O) groups excluding carboxylic acids is 1. The predicted octanol–water partition coefficient (Wildman–Crippen LogP) is 0.287. The lowest BCUT2D eigenvalue weighted by molar-refractivity contribution is -0.138. The minimum absolute atomic E-state index is 0.113. The van der Waals surface area contributed by atoms with Crippen LogP contribution in [-0.4, -0.2) is 95.5 Å². The fourth-order valence-corrected chi connectivity index (χ4v) is 6.26. The number of imidazole rings is 1. The van der Waals surface area contributed by atoms with Crippen molar-refractivity contribution in [1.82, 2.24) is 23.7 Å². The third-order valence-corrected chi connectivity index (χ3v) is 8.45. The van der Waals surface area contributed by atoms with Crippen molar-refractivity contribution in [3.8, 4) is 0 Å². The van der Waals surface area contributed by atoms with Crippen molar-refractivity contribution < 1.29 is 17.9 Å². The summed E-state index contributed by atoms with van der Waals surface area (Å²) in [7, 11) is -1.78. The molecule has 1 atom stereocenters. The molecule has 3 fully saturated rings. The zero-order chi connectivity index (χ0) is 20.6. The zero-order valence-corrected chi connectivity index (χ0v) is 18.1. The van der Waals surface area contributed by atoms with Crippen molar-refractivity contribution in [2.24, 2.45) is 7.05 Å². The summed E-state index contributed by atoms with van der Waals surface area (Å²) in [6.07, 6.45) is 6.42. The number of aryl methyl sites for hydroxylation is 1. The van der Waals surface area contributed by atoms with Crippen molar-refractivity contribution >= 4 is 15.9 Å². The van der Waals surface area contributed by atoms with E-state index in [1.807, 2.05) is 4.90 Å². The van der Waals surface area contributed by atoms with Crippen molar-refractivity contribution in [2.75, 3.05) is 45.9 Å². The molecule has 1 aromatic heterocycles. The van der Waals surface area contributed by atoms with E-state index in [9.17, 15) is 13.2 Å². The standard InChI is InChI=1S/C19H31N5O4S/c1-16(25)22-8-10-23(11-9-22)17-3-12-28-19(13-17)4-6-24(7-5-19)29(26,27)18-14-21(2)15-20-18/h14-15,17H,3-13H2,1-2H3. The van der Waals surface area contributed by atoms with Gasteiger partial charge in [-0.3, -0.25) is 9.69 Å². The van der Waals surface area contributed by atoms with Crippen LogP contribution in [0.1, 0.15) is 32.6 Å². The van der Waals surface area contributed by atoms with Crippen LogP contribution < -0.4 is 0 Å². The van der Waals surface area contributed by atoms with Crippen LogP contribution in [-0.2, 0) is 26.6 Å². The van der Waals surface area contributed by atoms with Gasteiger partial charge in [0.1, 0.15) is 0 Å². The number of amides is 1. The fraction of sp³-hybridized carbons (Fsp3) is 0.789. The van der Waals surface area contributed by atoms with E-state index >= 15 is 0 Å². The molecular formula is C19H31N5O4S. The second-order valence-corrected chi connectivity index (χ2v) is 10.4. The van der Waals surface area contributed by atoms with Crippen LogP contribution in [0.15, 0.2) is 17.6 Å². The molecule has 0 N–H and O–H groups in total. The van der Waals surface area contributed by atoms with E-state index in [4.69, 9.17) is 4.74 Å². The highest BCUT2D eigenvalue weighted by Crippen LogP contribution is 2.38. The van der Waals surface area contributed by atoms with Gasteiger partial charge < -0.3 is 14.2 Å². The third kappa shape index (κ3) is 4.21. The molecule has 1 spiro atoms.